The second kappa shape index (κ2) is 8.63. The summed E-state index contributed by atoms with van der Waals surface area (Å²) in [4.78, 5) is 19.5. The van der Waals surface area contributed by atoms with Crippen LogP contribution in [-0.2, 0) is 14.6 Å². The second-order valence-electron chi connectivity index (χ2n) is 7.86. The molecule has 0 spiro atoms. The van der Waals surface area contributed by atoms with Gasteiger partial charge in [-0.25, -0.2) is 17.9 Å². The van der Waals surface area contributed by atoms with Crippen LogP contribution in [-0.4, -0.2) is 63.7 Å². The van der Waals surface area contributed by atoms with Gasteiger partial charge in [0.2, 0.25) is 5.91 Å². The van der Waals surface area contributed by atoms with Crippen LogP contribution in [0.15, 0.2) is 41.6 Å². The highest BCUT2D eigenvalue weighted by Gasteiger charge is 2.34. The van der Waals surface area contributed by atoms with Gasteiger partial charge in [-0.2, -0.15) is 5.10 Å². The quantitative estimate of drug-likeness (QED) is 0.528. The first-order chi connectivity index (χ1) is 14.8. The van der Waals surface area contributed by atoms with Gasteiger partial charge in [0, 0.05) is 18.2 Å². The summed E-state index contributed by atoms with van der Waals surface area (Å²) in [6.45, 7) is 6.36. The average molecular weight is 459 g/mol. The van der Waals surface area contributed by atoms with Crippen LogP contribution in [0.4, 0.5) is 0 Å². The molecular formula is C22H26N4O3S2. The van der Waals surface area contributed by atoms with Crippen molar-refractivity contribution in [3.05, 3.63) is 47.7 Å². The molecule has 1 aliphatic rings. The number of carbonyl (C=O) groups excluding carboxylic acids is 1. The maximum Gasteiger partial charge on any atom is 0.233 e. The summed E-state index contributed by atoms with van der Waals surface area (Å²) < 4.78 is 25.5. The molecule has 1 aromatic carbocycles. The predicted octanol–water partition coefficient (Wildman–Crippen LogP) is 3.14. The van der Waals surface area contributed by atoms with Crippen molar-refractivity contribution in [3.63, 3.8) is 0 Å². The molecule has 9 heteroatoms. The van der Waals surface area contributed by atoms with Crippen molar-refractivity contribution in [3.8, 4) is 11.3 Å². The number of sulfone groups is 1. The number of imidazole rings is 1. The first kappa shape index (κ1) is 21.8. The van der Waals surface area contributed by atoms with Crippen LogP contribution in [0.5, 0.6) is 0 Å². The average Bonchev–Trinajstić information content (AvgIpc) is 3.27. The fourth-order valence-corrected chi connectivity index (χ4v) is 6.73. The molecule has 2 aromatic heterocycles. The van der Waals surface area contributed by atoms with Crippen LogP contribution in [0.1, 0.15) is 24.6 Å². The minimum atomic E-state index is -3.04. The number of hydrogen-bond acceptors (Lipinski definition) is 6. The number of carbonyl (C=O) groups is 1. The lowest BCUT2D eigenvalue weighted by Crippen LogP contribution is -2.42. The van der Waals surface area contributed by atoms with Crippen molar-refractivity contribution in [2.75, 3.05) is 23.8 Å². The third kappa shape index (κ3) is 4.48. The molecule has 1 fully saturated rings. The first-order valence-electron chi connectivity index (χ1n) is 10.3. The van der Waals surface area contributed by atoms with Crippen molar-refractivity contribution in [1.82, 2.24) is 19.5 Å². The Balaban J connectivity index is 1.62. The van der Waals surface area contributed by atoms with Crippen molar-refractivity contribution in [1.29, 1.82) is 0 Å². The molecule has 3 aromatic rings. The van der Waals surface area contributed by atoms with Crippen molar-refractivity contribution in [2.45, 2.75) is 38.4 Å². The van der Waals surface area contributed by atoms with Gasteiger partial charge in [0.25, 0.3) is 0 Å². The lowest BCUT2D eigenvalue weighted by Gasteiger charge is -2.26. The van der Waals surface area contributed by atoms with Crippen LogP contribution >= 0.6 is 11.8 Å². The zero-order chi connectivity index (χ0) is 22.2. The molecule has 0 unspecified atom stereocenters. The highest BCUT2D eigenvalue weighted by atomic mass is 32.2. The largest absolute Gasteiger partial charge is 0.338 e. The lowest BCUT2D eigenvalue weighted by atomic mass is 10.1. The summed E-state index contributed by atoms with van der Waals surface area (Å²) >= 11 is 1.34. The van der Waals surface area contributed by atoms with E-state index >= 15 is 0 Å². The van der Waals surface area contributed by atoms with E-state index in [1.165, 1.54) is 11.8 Å². The van der Waals surface area contributed by atoms with Crippen molar-refractivity contribution >= 4 is 33.0 Å². The normalized spacial score (nSPS) is 17.8. The van der Waals surface area contributed by atoms with E-state index in [2.05, 4.69) is 5.10 Å². The summed E-state index contributed by atoms with van der Waals surface area (Å²) in [6.07, 6.45) is 0.511. The number of fused-ring (bicyclic) bond motifs is 1. The molecule has 3 heterocycles. The van der Waals surface area contributed by atoms with Gasteiger partial charge < -0.3 is 4.90 Å². The summed E-state index contributed by atoms with van der Waals surface area (Å²) in [5.74, 6) is 0.327. The Kier molecular flexibility index (Phi) is 6.07. The molecule has 1 amide bonds. The second-order valence-corrected chi connectivity index (χ2v) is 11.0. The summed E-state index contributed by atoms with van der Waals surface area (Å²) in [6, 6.07) is 11.7. The lowest BCUT2D eigenvalue weighted by molar-refractivity contribution is -0.129. The van der Waals surface area contributed by atoms with Gasteiger partial charge in [-0.3, -0.25) is 4.79 Å². The van der Waals surface area contributed by atoms with E-state index in [-0.39, 0.29) is 29.2 Å². The molecule has 1 atom stereocenters. The molecule has 1 saturated heterocycles. The molecule has 0 radical (unpaired) electrons. The summed E-state index contributed by atoms with van der Waals surface area (Å²) in [5, 5.41) is 5.31. The monoisotopic (exact) mass is 458 g/mol. The standard InChI is InChI=1S/C22H26N4O3S2/c1-4-25(18-10-11-31(28,29)14-18)19(27)13-30-22-23-20(17-8-6-5-7-9-17)21-15(2)12-16(3)24-26(21)22/h5-9,12,18H,4,10-11,13-14H2,1-3H3/t18-/m1/s1. The molecule has 164 valence electrons. The SMILES string of the molecule is CCN(C(=O)CSc1nc(-c2ccccc2)c2c(C)cc(C)nn12)[C@@H]1CCS(=O)(=O)C1. The molecule has 1 aliphatic heterocycles. The van der Waals surface area contributed by atoms with Crippen LogP contribution in [0.3, 0.4) is 0 Å². The Morgan fingerprint density at radius 3 is 2.65 bits per heavy atom. The molecule has 31 heavy (non-hydrogen) atoms. The molecule has 4 rings (SSSR count). The molecule has 0 bridgehead atoms. The Labute approximate surface area is 186 Å². The van der Waals surface area contributed by atoms with Gasteiger partial charge in [0.15, 0.2) is 15.0 Å². The smallest absolute Gasteiger partial charge is 0.233 e. The Morgan fingerprint density at radius 1 is 1.26 bits per heavy atom. The fraction of sp³-hybridized carbons (Fsp3) is 0.409. The number of benzene rings is 1. The van der Waals surface area contributed by atoms with Crippen LogP contribution < -0.4 is 0 Å². The van der Waals surface area contributed by atoms with Crippen LogP contribution in [0, 0.1) is 13.8 Å². The van der Waals surface area contributed by atoms with Crippen LogP contribution in [0.25, 0.3) is 16.8 Å². The number of thioether (sulfide) groups is 1. The number of nitrogens with zero attached hydrogens (tertiary/aromatic N) is 4. The zero-order valence-electron chi connectivity index (χ0n) is 17.9. The molecule has 0 aliphatic carbocycles. The number of rotatable bonds is 6. The molecule has 7 nitrogen and oxygen atoms in total. The Morgan fingerprint density at radius 2 is 2.00 bits per heavy atom. The number of amides is 1. The fourth-order valence-electron chi connectivity index (χ4n) is 4.17. The minimum absolute atomic E-state index is 0.0572. The van der Waals surface area contributed by atoms with E-state index in [0.29, 0.717) is 18.1 Å². The van der Waals surface area contributed by atoms with Crippen molar-refractivity contribution < 1.29 is 13.2 Å². The topological polar surface area (TPSA) is 84.6 Å². The van der Waals surface area contributed by atoms with Gasteiger partial charge >= 0.3 is 0 Å². The van der Waals surface area contributed by atoms with E-state index in [1.807, 2.05) is 61.7 Å². The first-order valence-corrected chi connectivity index (χ1v) is 13.1. The van der Waals surface area contributed by atoms with E-state index < -0.39 is 9.84 Å². The number of hydrogen-bond donors (Lipinski definition) is 0. The van der Waals surface area contributed by atoms with Gasteiger partial charge in [0.05, 0.1) is 34.2 Å². The number of aromatic nitrogens is 3. The van der Waals surface area contributed by atoms with Crippen LogP contribution in [0.2, 0.25) is 0 Å². The van der Waals surface area contributed by atoms with Gasteiger partial charge in [0.1, 0.15) is 0 Å². The zero-order valence-corrected chi connectivity index (χ0v) is 19.5. The van der Waals surface area contributed by atoms with Gasteiger partial charge in [-0.05, 0) is 38.8 Å². The predicted molar refractivity (Wildman–Crippen MR) is 123 cm³/mol. The molecule has 0 saturated carbocycles. The highest BCUT2D eigenvalue weighted by molar-refractivity contribution is 7.99. The van der Waals surface area contributed by atoms with Crippen molar-refractivity contribution in [2.24, 2.45) is 0 Å². The van der Waals surface area contributed by atoms with E-state index in [1.54, 1.807) is 4.90 Å². The molecule has 0 N–H and O–H groups in total. The summed E-state index contributed by atoms with van der Waals surface area (Å²) in [5.41, 5.74) is 4.72. The highest BCUT2D eigenvalue weighted by Crippen LogP contribution is 2.31. The van der Waals surface area contributed by atoms with Gasteiger partial charge in [-0.1, -0.05) is 42.1 Å². The summed E-state index contributed by atoms with van der Waals surface area (Å²) in [7, 11) is -3.04. The third-order valence-electron chi connectivity index (χ3n) is 5.56. The number of aryl methyl sites for hydroxylation is 2. The maximum absolute atomic E-state index is 12.9. The van der Waals surface area contributed by atoms with Gasteiger partial charge in [-0.15, -0.1) is 0 Å². The minimum Gasteiger partial charge on any atom is -0.338 e. The Bertz CT molecular complexity index is 1220. The Hall–Kier alpha value is -2.39. The van der Waals surface area contributed by atoms with E-state index in [0.717, 1.165) is 28.0 Å². The van der Waals surface area contributed by atoms with E-state index in [4.69, 9.17) is 4.98 Å². The molecular weight excluding hydrogens is 432 g/mol. The van der Waals surface area contributed by atoms with E-state index in [9.17, 15) is 13.2 Å². The maximum atomic E-state index is 12.9. The third-order valence-corrected chi connectivity index (χ3v) is 8.23.